The van der Waals surface area contributed by atoms with Gasteiger partial charge in [0.05, 0.1) is 24.7 Å². The summed E-state index contributed by atoms with van der Waals surface area (Å²) < 4.78 is 7.30. The fraction of sp³-hybridized carbons (Fsp3) is 0.464. The lowest BCUT2D eigenvalue weighted by molar-refractivity contribution is -0.126. The van der Waals surface area contributed by atoms with Gasteiger partial charge in [0.15, 0.2) is 0 Å². The lowest BCUT2D eigenvalue weighted by Crippen LogP contribution is -2.49. The molecule has 2 amide bonds. The van der Waals surface area contributed by atoms with Crippen LogP contribution in [0.5, 0.6) is 5.75 Å². The maximum atomic E-state index is 13.2. The second-order valence-electron chi connectivity index (χ2n) is 10.1. The van der Waals surface area contributed by atoms with Crippen LogP contribution in [-0.2, 0) is 29.7 Å². The summed E-state index contributed by atoms with van der Waals surface area (Å²) in [5, 5.41) is 6.16. The topological polar surface area (TPSA) is 91.7 Å². The summed E-state index contributed by atoms with van der Waals surface area (Å²) >= 11 is 0. The SMILES string of the molecule is COc1ccc(CNC(=O)CCC2CNC(=O)C3C(CCN3Cc3nc4ccccc4n3C)N2C)cc1. The number of imidazole rings is 1. The van der Waals surface area contributed by atoms with Crippen molar-refractivity contribution in [1.29, 1.82) is 0 Å². The molecule has 2 fully saturated rings. The largest absolute Gasteiger partial charge is 0.497 e. The second kappa shape index (κ2) is 10.9. The van der Waals surface area contributed by atoms with Gasteiger partial charge in [0.2, 0.25) is 11.8 Å². The number of hydrogen-bond acceptors (Lipinski definition) is 6. The molecular weight excluding hydrogens is 468 g/mol. The molecule has 0 spiro atoms. The molecule has 196 valence electrons. The van der Waals surface area contributed by atoms with Gasteiger partial charge < -0.3 is 19.9 Å². The Balaban J connectivity index is 1.18. The van der Waals surface area contributed by atoms with Gasteiger partial charge in [-0.1, -0.05) is 24.3 Å². The molecule has 3 aromatic rings. The van der Waals surface area contributed by atoms with Gasteiger partial charge in [0, 0.05) is 45.2 Å². The number of likely N-dealkylation sites (N-methyl/N-ethyl adjacent to an activating group) is 1. The zero-order chi connectivity index (χ0) is 25.9. The Kier molecular flexibility index (Phi) is 7.43. The number of ether oxygens (including phenoxy) is 1. The molecule has 9 nitrogen and oxygen atoms in total. The molecule has 2 saturated heterocycles. The van der Waals surface area contributed by atoms with Crippen LogP contribution in [0.1, 0.15) is 30.7 Å². The van der Waals surface area contributed by atoms with Crippen molar-refractivity contribution in [2.24, 2.45) is 7.05 Å². The number of aryl methyl sites for hydroxylation is 1. The number of benzene rings is 2. The highest BCUT2D eigenvalue weighted by Crippen LogP contribution is 2.29. The standard InChI is InChI=1S/C28H36N6O3/c1-32-20(10-13-26(35)29-16-19-8-11-21(37-3)12-9-19)17-30-28(36)27-24(32)14-15-34(27)18-25-31-22-6-4-5-7-23(22)33(25)2/h4-9,11-12,20,24,27H,10,13-18H2,1-3H3,(H,29,35)(H,30,36). The number of carbonyl (C=O) groups excluding carboxylic acids is 2. The van der Waals surface area contributed by atoms with Crippen LogP contribution in [0.4, 0.5) is 0 Å². The zero-order valence-electron chi connectivity index (χ0n) is 21.8. The molecule has 2 N–H and O–H groups in total. The Morgan fingerprint density at radius 3 is 2.70 bits per heavy atom. The quantitative estimate of drug-likeness (QED) is 0.488. The highest BCUT2D eigenvalue weighted by atomic mass is 16.5. The molecule has 2 aliphatic heterocycles. The molecular formula is C28H36N6O3. The molecule has 1 aromatic heterocycles. The molecule has 0 saturated carbocycles. The molecule has 0 radical (unpaired) electrons. The number of carbonyl (C=O) groups is 2. The van der Waals surface area contributed by atoms with E-state index in [9.17, 15) is 9.59 Å². The summed E-state index contributed by atoms with van der Waals surface area (Å²) in [6.07, 6.45) is 2.03. The van der Waals surface area contributed by atoms with Crippen LogP contribution in [0.3, 0.4) is 0 Å². The highest BCUT2D eigenvalue weighted by molar-refractivity contribution is 5.83. The molecule has 3 atom stereocenters. The third-order valence-corrected chi connectivity index (χ3v) is 7.93. The first-order valence-electron chi connectivity index (χ1n) is 13.0. The van der Waals surface area contributed by atoms with Gasteiger partial charge in [0.1, 0.15) is 17.6 Å². The van der Waals surface area contributed by atoms with Crippen molar-refractivity contribution in [2.75, 3.05) is 27.2 Å². The lowest BCUT2D eigenvalue weighted by atomic mass is 10.0. The third-order valence-electron chi connectivity index (χ3n) is 7.93. The smallest absolute Gasteiger partial charge is 0.239 e. The van der Waals surface area contributed by atoms with Crippen LogP contribution in [0.15, 0.2) is 48.5 Å². The first-order chi connectivity index (χ1) is 17.9. The molecule has 5 rings (SSSR count). The Bertz CT molecular complexity index is 1260. The minimum absolute atomic E-state index is 0.0197. The number of likely N-dealkylation sites (tertiary alicyclic amines) is 1. The van der Waals surface area contributed by atoms with Crippen molar-refractivity contribution >= 4 is 22.8 Å². The molecule has 3 unspecified atom stereocenters. The number of methoxy groups -OCH3 is 1. The van der Waals surface area contributed by atoms with Crippen LogP contribution < -0.4 is 15.4 Å². The molecule has 37 heavy (non-hydrogen) atoms. The van der Waals surface area contributed by atoms with E-state index < -0.39 is 0 Å². The minimum atomic E-state index is -0.223. The van der Waals surface area contributed by atoms with Crippen molar-refractivity contribution in [3.05, 3.63) is 59.9 Å². The van der Waals surface area contributed by atoms with Crippen LogP contribution in [0.2, 0.25) is 0 Å². The molecule has 0 aliphatic carbocycles. The van der Waals surface area contributed by atoms with Gasteiger partial charge in [-0.15, -0.1) is 0 Å². The number of hydrogen-bond donors (Lipinski definition) is 2. The average Bonchev–Trinajstić information content (AvgIpc) is 3.45. The van der Waals surface area contributed by atoms with E-state index in [0.717, 1.165) is 41.1 Å². The van der Waals surface area contributed by atoms with Crippen molar-refractivity contribution in [1.82, 2.24) is 30.0 Å². The van der Waals surface area contributed by atoms with E-state index in [1.807, 2.05) is 49.5 Å². The predicted octanol–water partition coefficient (Wildman–Crippen LogP) is 2.05. The number of para-hydroxylation sites is 2. The summed E-state index contributed by atoms with van der Waals surface area (Å²) in [5.74, 6) is 1.85. The summed E-state index contributed by atoms with van der Waals surface area (Å²) in [6.45, 7) is 2.51. The number of aromatic nitrogens is 2. The molecule has 2 aromatic carbocycles. The zero-order valence-corrected chi connectivity index (χ0v) is 21.8. The van der Waals surface area contributed by atoms with Crippen molar-refractivity contribution < 1.29 is 14.3 Å². The molecule has 3 heterocycles. The van der Waals surface area contributed by atoms with Crippen molar-refractivity contribution in [2.45, 2.75) is 50.5 Å². The Labute approximate surface area is 217 Å². The van der Waals surface area contributed by atoms with Gasteiger partial charge in [-0.25, -0.2) is 4.98 Å². The number of nitrogens with zero attached hydrogens (tertiary/aromatic N) is 4. The normalized spacial score (nSPS) is 22.5. The number of fused-ring (bicyclic) bond motifs is 2. The van der Waals surface area contributed by atoms with E-state index in [4.69, 9.17) is 9.72 Å². The average molecular weight is 505 g/mol. The summed E-state index contributed by atoms with van der Waals surface area (Å²) in [4.78, 5) is 35.1. The third kappa shape index (κ3) is 5.33. The minimum Gasteiger partial charge on any atom is -0.497 e. The summed E-state index contributed by atoms with van der Waals surface area (Å²) in [7, 11) is 5.76. The van der Waals surface area contributed by atoms with Crippen LogP contribution >= 0.6 is 0 Å². The number of amides is 2. The molecule has 2 aliphatic rings. The molecule has 9 heteroatoms. The number of rotatable bonds is 8. The lowest BCUT2D eigenvalue weighted by Gasteiger charge is -2.33. The fourth-order valence-electron chi connectivity index (χ4n) is 5.67. The van der Waals surface area contributed by atoms with Gasteiger partial charge in [-0.3, -0.25) is 19.4 Å². The van der Waals surface area contributed by atoms with Gasteiger partial charge in [0.25, 0.3) is 0 Å². The van der Waals surface area contributed by atoms with Crippen LogP contribution in [0, 0.1) is 0 Å². The van der Waals surface area contributed by atoms with E-state index in [1.165, 1.54) is 0 Å². The highest BCUT2D eigenvalue weighted by Gasteiger charge is 2.45. The monoisotopic (exact) mass is 504 g/mol. The second-order valence-corrected chi connectivity index (χ2v) is 10.1. The van der Waals surface area contributed by atoms with Crippen molar-refractivity contribution in [3.8, 4) is 5.75 Å². The fourth-order valence-corrected chi connectivity index (χ4v) is 5.67. The Morgan fingerprint density at radius 1 is 1.16 bits per heavy atom. The van der Waals surface area contributed by atoms with E-state index in [0.29, 0.717) is 32.5 Å². The van der Waals surface area contributed by atoms with Gasteiger partial charge >= 0.3 is 0 Å². The maximum absolute atomic E-state index is 13.2. The van der Waals surface area contributed by atoms with E-state index in [1.54, 1.807) is 7.11 Å². The Morgan fingerprint density at radius 2 is 1.95 bits per heavy atom. The maximum Gasteiger partial charge on any atom is 0.239 e. The first kappa shape index (κ1) is 25.2. The van der Waals surface area contributed by atoms with Gasteiger partial charge in [-0.2, -0.15) is 0 Å². The van der Waals surface area contributed by atoms with E-state index >= 15 is 0 Å². The van der Waals surface area contributed by atoms with Crippen LogP contribution in [0.25, 0.3) is 11.0 Å². The van der Waals surface area contributed by atoms with Gasteiger partial charge in [-0.05, 0) is 49.7 Å². The molecule has 0 bridgehead atoms. The predicted molar refractivity (Wildman–Crippen MR) is 142 cm³/mol. The van der Waals surface area contributed by atoms with Crippen molar-refractivity contribution in [3.63, 3.8) is 0 Å². The summed E-state index contributed by atoms with van der Waals surface area (Å²) in [5.41, 5.74) is 3.10. The van der Waals surface area contributed by atoms with E-state index in [2.05, 4.69) is 38.1 Å². The van der Waals surface area contributed by atoms with E-state index in [-0.39, 0.29) is 29.9 Å². The van der Waals surface area contributed by atoms with Crippen LogP contribution in [-0.4, -0.2) is 76.5 Å². The number of nitrogens with one attached hydrogen (secondary N) is 2. The first-order valence-corrected chi connectivity index (χ1v) is 13.0. The Hall–Kier alpha value is -3.43. The summed E-state index contributed by atoms with van der Waals surface area (Å²) in [6, 6.07) is 15.8.